The van der Waals surface area contributed by atoms with E-state index in [4.69, 9.17) is 4.74 Å². The normalized spacial score (nSPS) is 40.2. The molecule has 194 valence electrons. The van der Waals surface area contributed by atoms with Crippen LogP contribution in [0, 0.1) is 41.4 Å². The fourth-order valence-corrected chi connectivity index (χ4v) is 7.91. The van der Waals surface area contributed by atoms with E-state index in [1.165, 1.54) is 0 Å². The number of carbonyl (C=O) groups excluding carboxylic acids is 2. The first-order valence-corrected chi connectivity index (χ1v) is 12.8. The van der Waals surface area contributed by atoms with Crippen molar-refractivity contribution in [3.63, 3.8) is 0 Å². The van der Waals surface area contributed by atoms with Gasteiger partial charge in [-0.25, -0.2) is 4.79 Å². The summed E-state index contributed by atoms with van der Waals surface area (Å²) in [6, 6.07) is 5.39. The molecule has 0 amide bonds. The van der Waals surface area contributed by atoms with Crippen LogP contribution in [0.2, 0.25) is 0 Å². The van der Waals surface area contributed by atoms with Crippen molar-refractivity contribution in [2.45, 2.75) is 58.8 Å². The molecule has 2 fully saturated rings. The predicted octanol–water partition coefficient (Wildman–Crippen LogP) is 3.03. The highest BCUT2D eigenvalue weighted by Gasteiger charge is 2.76. The van der Waals surface area contributed by atoms with Gasteiger partial charge in [0.25, 0.3) is 0 Å². The summed E-state index contributed by atoms with van der Waals surface area (Å²) >= 11 is 0. The van der Waals surface area contributed by atoms with Gasteiger partial charge in [-0.05, 0) is 66.2 Å². The lowest BCUT2D eigenvalue weighted by atomic mass is 9.59. The maximum absolute atomic E-state index is 14.4. The zero-order valence-corrected chi connectivity index (χ0v) is 21.8. The number of aryl methyl sites for hydroxylation is 1. The SMILES string of the molecule is CNc1cccc(C)c1C(=O)O[C@H]1C(C)=C[C@]23C(=O)C(C=C(CO)[C@@H](O)[C@]12O)[C@H]1[C@@H](C[C@H]3C)C1(C)C. The molecule has 0 aliphatic heterocycles. The van der Waals surface area contributed by atoms with Crippen molar-refractivity contribution in [3.8, 4) is 0 Å². The summed E-state index contributed by atoms with van der Waals surface area (Å²) in [7, 11) is 1.71. The molecule has 7 nitrogen and oxygen atoms in total. The summed E-state index contributed by atoms with van der Waals surface area (Å²) in [4.78, 5) is 27.9. The van der Waals surface area contributed by atoms with Gasteiger partial charge in [0.2, 0.25) is 0 Å². The third kappa shape index (κ3) is 2.96. The van der Waals surface area contributed by atoms with E-state index in [0.29, 0.717) is 28.8 Å². The number of anilines is 1. The maximum Gasteiger partial charge on any atom is 0.341 e. The first kappa shape index (κ1) is 25.2. The number of allylic oxidation sites excluding steroid dienone is 1. The number of nitrogens with one attached hydrogen (secondary N) is 1. The minimum atomic E-state index is -2.14. The van der Waals surface area contributed by atoms with Crippen LogP contribution in [0.4, 0.5) is 5.69 Å². The van der Waals surface area contributed by atoms with E-state index in [-0.39, 0.29) is 34.5 Å². The summed E-state index contributed by atoms with van der Waals surface area (Å²) < 4.78 is 6.01. The van der Waals surface area contributed by atoms with E-state index in [2.05, 4.69) is 19.2 Å². The van der Waals surface area contributed by atoms with Gasteiger partial charge in [-0.3, -0.25) is 4.79 Å². The van der Waals surface area contributed by atoms with Crippen molar-refractivity contribution in [1.82, 2.24) is 0 Å². The number of esters is 1. The Morgan fingerprint density at radius 1 is 1.25 bits per heavy atom. The second-order valence-corrected chi connectivity index (χ2v) is 11.9. The molecular formula is C29H37NO6. The van der Waals surface area contributed by atoms with Crippen LogP contribution < -0.4 is 5.32 Å². The summed E-state index contributed by atoms with van der Waals surface area (Å²) in [6.45, 7) is 9.28. The fraction of sp³-hybridized carbons (Fsp3) is 0.586. The maximum atomic E-state index is 14.4. The van der Waals surface area contributed by atoms with Crippen LogP contribution in [0.3, 0.4) is 0 Å². The zero-order valence-electron chi connectivity index (χ0n) is 21.8. The van der Waals surface area contributed by atoms with E-state index in [1.54, 1.807) is 45.2 Å². The van der Waals surface area contributed by atoms with Crippen molar-refractivity contribution < 1.29 is 29.6 Å². The molecule has 0 aromatic heterocycles. The summed E-state index contributed by atoms with van der Waals surface area (Å²) in [5, 5.41) is 37.4. The van der Waals surface area contributed by atoms with Gasteiger partial charge in [-0.15, -0.1) is 0 Å². The number of carbonyl (C=O) groups is 2. The molecule has 2 saturated carbocycles. The Morgan fingerprint density at radius 2 is 1.94 bits per heavy atom. The van der Waals surface area contributed by atoms with E-state index in [1.807, 2.05) is 13.0 Å². The van der Waals surface area contributed by atoms with Gasteiger partial charge in [0, 0.05) is 18.7 Å². The Balaban J connectivity index is 1.64. The average Bonchev–Trinajstić information content (AvgIpc) is 3.32. The molecule has 0 radical (unpaired) electrons. The highest BCUT2D eigenvalue weighted by atomic mass is 16.6. The van der Waals surface area contributed by atoms with Gasteiger partial charge in [0.1, 0.15) is 6.10 Å². The highest BCUT2D eigenvalue weighted by molar-refractivity contribution is 5.98. The molecule has 0 saturated heterocycles. The molecule has 8 atom stereocenters. The number of hydrogen-bond donors (Lipinski definition) is 4. The van der Waals surface area contributed by atoms with Crippen LogP contribution in [0.5, 0.6) is 0 Å². The minimum absolute atomic E-state index is 0.0434. The molecule has 5 rings (SSSR count). The Kier molecular flexibility index (Phi) is 5.60. The Morgan fingerprint density at radius 3 is 2.58 bits per heavy atom. The molecule has 1 aromatic rings. The average molecular weight is 496 g/mol. The number of aliphatic hydroxyl groups is 3. The number of aliphatic hydroxyl groups excluding tert-OH is 2. The van der Waals surface area contributed by atoms with Gasteiger partial charge in [0.15, 0.2) is 17.5 Å². The van der Waals surface area contributed by atoms with Crippen LogP contribution in [-0.2, 0) is 9.53 Å². The van der Waals surface area contributed by atoms with E-state index < -0.39 is 41.7 Å². The lowest BCUT2D eigenvalue weighted by molar-refractivity contribution is -0.190. The van der Waals surface area contributed by atoms with Crippen molar-refractivity contribution in [2.24, 2.45) is 34.5 Å². The van der Waals surface area contributed by atoms with E-state index in [0.717, 1.165) is 0 Å². The summed E-state index contributed by atoms with van der Waals surface area (Å²) in [5.41, 5.74) is -1.29. The topological polar surface area (TPSA) is 116 Å². The fourth-order valence-electron chi connectivity index (χ4n) is 7.91. The number of rotatable bonds is 4. The van der Waals surface area contributed by atoms with Crippen molar-refractivity contribution in [1.29, 1.82) is 0 Å². The van der Waals surface area contributed by atoms with Crippen LogP contribution in [0.15, 0.2) is 41.5 Å². The van der Waals surface area contributed by atoms with Gasteiger partial charge in [-0.1, -0.05) is 45.1 Å². The van der Waals surface area contributed by atoms with Gasteiger partial charge in [0.05, 0.1) is 17.6 Å². The molecular weight excluding hydrogens is 458 g/mol. The molecule has 4 N–H and O–H groups in total. The molecule has 36 heavy (non-hydrogen) atoms. The Hall–Kier alpha value is -2.48. The van der Waals surface area contributed by atoms with Gasteiger partial charge < -0.3 is 25.4 Å². The first-order chi connectivity index (χ1) is 16.9. The van der Waals surface area contributed by atoms with Gasteiger partial charge in [-0.2, -0.15) is 0 Å². The number of benzene rings is 1. The molecule has 7 heteroatoms. The molecule has 1 aromatic carbocycles. The number of fused-ring (bicyclic) bond motifs is 3. The summed E-state index contributed by atoms with van der Waals surface area (Å²) in [6.07, 6.45) is 1.30. The zero-order chi connectivity index (χ0) is 26.4. The third-order valence-electron chi connectivity index (χ3n) is 9.87. The van der Waals surface area contributed by atoms with Crippen molar-refractivity contribution in [2.75, 3.05) is 19.0 Å². The van der Waals surface area contributed by atoms with Crippen LogP contribution in [0.25, 0.3) is 0 Å². The summed E-state index contributed by atoms with van der Waals surface area (Å²) in [5.74, 6) is -1.30. The quantitative estimate of drug-likeness (QED) is 0.375. The first-order valence-electron chi connectivity index (χ1n) is 12.8. The lowest BCUT2D eigenvalue weighted by Gasteiger charge is -2.48. The van der Waals surface area contributed by atoms with Crippen molar-refractivity contribution >= 4 is 17.4 Å². The van der Waals surface area contributed by atoms with Gasteiger partial charge >= 0.3 is 5.97 Å². The lowest BCUT2D eigenvalue weighted by Crippen LogP contribution is -2.65. The van der Waals surface area contributed by atoms with E-state index >= 15 is 0 Å². The standard InChI is InChI=1S/C29H37NO6/c1-14-8-7-9-20(30-6)21(14)26(34)36-25-15(2)12-28-16(3)10-19-22(27(19,4)5)18(24(28)33)11-17(13-31)23(32)29(25,28)35/h7-9,11-12,16,18-19,22-23,25,30-32,35H,10,13H2,1-6H3/t16-,18?,19-,22+,23-,25+,28+,29+/m1/s1. The molecule has 4 aliphatic carbocycles. The third-order valence-corrected chi connectivity index (χ3v) is 9.87. The molecule has 0 heterocycles. The number of Topliss-reactive ketones (excluding diaryl/α,β-unsaturated/α-hetero) is 1. The van der Waals surface area contributed by atoms with Crippen LogP contribution in [0.1, 0.15) is 50.0 Å². The van der Waals surface area contributed by atoms with Crippen LogP contribution in [-0.4, -0.2) is 58.5 Å². The number of ketones is 1. The van der Waals surface area contributed by atoms with Crippen molar-refractivity contribution in [3.05, 3.63) is 52.6 Å². The molecule has 1 spiro atoms. The van der Waals surface area contributed by atoms with Crippen LogP contribution >= 0.6 is 0 Å². The second-order valence-electron chi connectivity index (χ2n) is 11.9. The minimum Gasteiger partial charge on any atom is -0.451 e. The molecule has 1 unspecified atom stereocenters. The molecule has 4 aliphatic rings. The highest BCUT2D eigenvalue weighted by Crippen LogP contribution is 2.71. The predicted molar refractivity (Wildman–Crippen MR) is 135 cm³/mol. The monoisotopic (exact) mass is 495 g/mol. The second kappa shape index (κ2) is 8.01. The Bertz CT molecular complexity index is 1200. The number of ether oxygens (including phenoxy) is 1. The number of hydrogen-bond acceptors (Lipinski definition) is 7. The largest absolute Gasteiger partial charge is 0.451 e. The van der Waals surface area contributed by atoms with E-state index in [9.17, 15) is 24.9 Å². The molecule has 2 bridgehead atoms. The Labute approximate surface area is 212 Å². The smallest absolute Gasteiger partial charge is 0.341 e.